The van der Waals surface area contributed by atoms with E-state index in [0.29, 0.717) is 11.8 Å². The van der Waals surface area contributed by atoms with Crippen molar-refractivity contribution in [2.24, 2.45) is 11.7 Å². The Kier molecular flexibility index (Phi) is 4.41. The number of aryl methyl sites for hydroxylation is 2. The molecule has 126 valence electrons. The van der Waals surface area contributed by atoms with Gasteiger partial charge in [-0.1, -0.05) is 43.2 Å². The van der Waals surface area contributed by atoms with E-state index in [1.54, 1.807) is 12.1 Å². The SMILES string of the molecule is NC(CC1c2ccccc2CCc2cc(F)ccc21)C1CCCC1. The van der Waals surface area contributed by atoms with Gasteiger partial charge in [-0.15, -0.1) is 0 Å². The molecule has 0 radical (unpaired) electrons. The lowest BCUT2D eigenvalue weighted by Gasteiger charge is -2.27. The van der Waals surface area contributed by atoms with Gasteiger partial charge in [-0.05, 0) is 72.4 Å². The van der Waals surface area contributed by atoms with Gasteiger partial charge < -0.3 is 5.73 Å². The van der Waals surface area contributed by atoms with Gasteiger partial charge in [-0.2, -0.15) is 0 Å². The number of rotatable bonds is 3. The number of fused-ring (bicyclic) bond motifs is 2. The second-order valence-electron chi connectivity index (χ2n) is 7.54. The van der Waals surface area contributed by atoms with Gasteiger partial charge in [0.1, 0.15) is 5.82 Å². The zero-order chi connectivity index (χ0) is 16.5. The standard InChI is InChI=1S/C22H26FN/c23-18-11-12-20-17(13-18)10-9-15-5-3-4-8-19(15)21(20)14-22(24)16-6-1-2-7-16/h3-5,8,11-13,16,21-22H,1-2,6-7,9-10,14,24H2. The number of hydrogen-bond acceptors (Lipinski definition) is 1. The summed E-state index contributed by atoms with van der Waals surface area (Å²) in [7, 11) is 0. The zero-order valence-corrected chi connectivity index (χ0v) is 14.2. The van der Waals surface area contributed by atoms with Crippen LogP contribution in [0.15, 0.2) is 42.5 Å². The number of halogens is 1. The van der Waals surface area contributed by atoms with E-state index in [2.05, 4.69) is 24.3 Å². The molecule has 24 heavy (non-hydrogen) atoms. The van der Waals surface area contributed by atoms with Crippen molar-refractivity contribution in [1.82, 2.24) is 0 Å². The highest BCUT2D eigenvalue weighted by Gasteiger charge is 2.29. The van der Waals surface area contributed by atoms with Crippen LogP contribution in [0.1, 0.15) is 60.3 Å². The van der Waals surface area contributed by atoms with Crippen LogP contribution in [0.4, 0.5) is 4.39 Å². The predicted octanol–water partition coefficient (Wildman–Crippen LogP) is 4.96. The molecule has 0 saturated heterocycles. The van der Waals surface area contributed by atoms with E-state index in [0.717, 1.165) is 24.8 Å². The molecule has 0 heterocycles. The highest BCUT2D eigenvalue weighted by molar-refractivity contribution is 5.45. The maximum absolute atomic E-state index is 13.8. The molecule has 1 nitrogen and oxygen atoms in total. The van der Waals surface area contributed by atoms with Crippen LogP contribution >= 0.6 is 0 Å². The minimum Gasteiger partial charge on any atom is -0.327 e. The second kappa shape index (κ2) is 6.68. The van der Waals surface area contributed by atoms with Gasteiger partial charge in [-0.3, -0.25) is 0 Å². The minimum atomic E-state index is -0.126. The fraction of sp³-hybridized carbons (Fsp3) is 0.455. The molecule has 0 amide bonds. The minimum absolute atomic E-state index is 0.126. The van der Waals surface area contributed by atoms with Crippen LogP contribution in [0.25, 0.3) is 0 Å². The highest BCUT2D eigenvalue weighted by atomic mass is 19.1. The quantitative estimate of drug-likeness (QED) is 0.848. The van der Waals surface area contributed by atoms with Crippen LogP contribution < -0.4 is 5.73 Å². The van der Waals surface area contributed by atoms with Crippen LogP contribution in [0.2, 0.25) is 0 Å². The third-order valence-corrected chi connectivity index (χ3v) is 6.09. The van der Waals surface area contributed by atoms with Crippen LogP contribution in [-0.4, -0.2) is 6.04 Å². The average molecular weight is 323 g/mol. The van der Waals surface area contributed by atoms with Crippen LogP contribution in [0.3, 0.4) is 0 Å². The monoisotopic (exact) mass is 323 g/mol. The number of benzene rings is 2. The van der Waals surface area contributed by atoms with E-state index in [1.807, 2.05) is 6.07 Å². The van der Waals surface area contributed by atoms with Gasteiger partial charge in [0, 0.05) is 12.0 Å². The average Bonchev–Trinajstić information content (AvgIpc) is 3.09. The highest BCUT2D eigenvalue weighted by Crippen LogP contribution is 2.39. The molecule has 0 bridgehead atoms. The molecule has 2 unspecified atom stereocenters. The van der Waals surface area contributed by atoms with Gasteiger partial charge in [0.15, 0.2) is 0 Å². The summed E-state index contributed by atoms with van der Waals surface area (Å²) in [4.78, 5) is 0. The van der Waals surface area contributed by atoms with Crippen LogP contribution in [0, 0.1) is 11.7 Å². The largest absolute Gasteiger partial charge is 0.327 e. The number of nitrogens with two attached hydrogens (primary N) is 1. The molecule has 2 aliphatic rings. The van der Waals surface area contributed by atoms with E-state index in [1.165, 1.54) is 42.4 Å². The third kappa shape index (κ3) is 3.00. The molecule has 0 aliphatic heterocycles. The van der Waals surface area contributed by atoms with E-state index < -0.39 is 0 Å². The summed E-state index contributed by atoms with van der Waals surface area (Å²) < 4.78 is 13.8. The topological polar surface area (TPSA) is 26.0 Å². The van der Waals surface area contributed by atoms with Gasteiger partial charge in [0.25, 0.3) is 0 Å². The molecule has 1 fully saturated rings. The molecule has 0 aromatic heterocycles. The van der Waals surface area contributed by atoms with Gasteiger partial charge in [0.2, 0.25) is 0 Å². The molecule has 2 atom stereocenters. The maximum atomic E-state index is 13.8. The lowest BCUT2D eigenvalue weighted by Crippen LogP contribution is -2.30. The zero-order valence-electron chi connectivity index (χ0n) is 14.2. The first kappa shape index (κ1) is 15.8. The van der Waals surface area contributed by atoms with Crippen molar-refractivity contribution < 1.29 is 4.39 Å². The van der Waals surface area contributed by atoms with Crippen molar-refractivity contribution in [2.45, 2.75) is 56.9 Å². The van der Waals surface area contributed by atoms with Crippen LogP contribution in [-0.2, 0) is 12.8 Å². The molecule has 0 spiro atoms. The molecular weight excluding hydrogens is 297 g/mol. The Morgan fingerprint density at radius 2 is 1.67 bits per heavy atom. The molecular formula is C22H26FN. The number of hydrogen-bond donors (Lipinski definition) is 1. The molecule has 2 aliphatic carbocycles. The molecule has 1 saturated carbocycles. The van der Waals surface area contributed by atoms with Crippen molar-refractivity contribution in [3.8, 4) is 0 Å². The molecule has 2 heteroatoms. The van der Waals surface area contributed by atoms with Crippen molar-refractivity contribution in [3.63, 3.8) is 0 Å². The summed E-state index contributed by atoms with van der Waals surface area (Å²) >= 11 is 0. The Hall–Kier alpha value is -1.67. The molecule has 2 N–H and O–H groups in total. The molecule has 4 rings (SSSR count). The fourth-order valence-corrected chi connectivity index (χ4v) is 4.77. The van der Waals surface area contributed by atoms with E-state index >= 15 is 0 Å². The predicted molar refractivity (Wildman–Crippen MR) is 96.6 cm³/mol. The fourth-order valence-electron chi connectivity index (χ4n) is 4.77. The van der Waals surface area contributed by atoms with Crippen molar-refractivity contribution >= 4 is 0 Å². The normalized spacial score (nSPS) is 21.8. The van der Waals surface area contributed by atoms with Crippen LogP contribution in [0.5, 0.6) is 0 Å². The van der Waals surface area contributed by atoms with Gasteiger partial charge >= 0.3 is 0 Å². The first-order chi connectivity index (χ1) is 11.7. The van der Waals surface area contributed by atoms with Crippen molar-refractivity contribution in [2.75, 3.05) is 0 Å². The molecule has 2 aromatic carbocycles. The Balaban J connectivity index is 1.72. The van der Waals surface area contributed by atoms with Crippen molar-refractivity contribution in [1.29, 1.82) is 0 Å². The smallest absolute Gasteiger partial charge is 0.123 e. The summed E-state index contributed by atoms with van der Waals surface area (Å²) in [6, 6.07) is 14.3. The Morgan fingerprint density at radius 1 is 0.958 bits per heavy atom. The maximum Gasteiger partial charge on any atom is 0.123 e. The third-order valence-electron chi connectivity index (χ3n) is 6.09. The van der Waals surface area contributed by atoms with E-state index in [4.69, 9.17) is 5.73 Å². The Labute approximate surface area is 144 Å². The Morgan fingerprint density at radius 3 is 2.50 bits per heavy atom. The summed E-state index contributed by atoms with van der Waals surface area (Å²) in [5, 5.41) is 0. The summed E-state index contributed by atoms with van der Waals surface area (Å²) in [6.45, 7) is 0. The van der Waals surface area contributed by atoms with E-state index in [-0.39, 0.29) is 11.9 Å². The summed E-state index contributed by atoms with van der Waals surface area (Å²) in [5.74, 6) is 0.831. The first-order valence-electron chi connectivity index (χ1n) is 9.34. The van der Waals surface area contributed by atoms with Gasteiger partial charge in [-0.25, -0.2) is 4.39 Å². The summed E-state index contributed by atoms with van der Waals surface area (Å²) in [6.07, 6.45) is 8.06. The van der Waals surface area contributed by atoms with E-state index in [9.17, 15) is 4.39 Å². The lowest BCUT2D eigenvalue weighted by molar-refractivity contribution is 0.396. The summed E-state index contributed by atoms with van der Waals surface area (Å²) in [5.41, 5.74) is 11.9. The molecule has 2 aromatic rings. The van der Waals surface area contributed by atoms with Gasteiger partial charge in [0.05, 0.1) is 0 Å². The Bertz CT molecular complexity index is 718. The van der Waals surface area contributed by atoms with Crippen molar-refractivity contribution in [3.05, 3.63) is 70.5 Å². The lowest BCUT2D eigenvalue weighted by atomic mass is 9.80. The second-order valence-corrected chi connectivity index (χ2v) is 7.54. The first-order valence-corrected chi connectivity index (χ1v) is 9.34.